The fourth-order valence-electron chi connectivity index (χ4n) is 2.66. The van der Waals surface area contributed by atoms with E-state index in [9.17, 15) is 4.79 Å². The van der Waals surface area contributed by atoms with Gasteiger partial charge < -0.3 is 10.6 Å². The van der Waals surface area contributed by atoms with Crippen LogP contribution in [0, 0.1) is 6.92 Å². The van der Waals surface area contributed by atoms with Gasteiger partial charge in [0.2, 0.25) is 0 Å². The molecular weight excluding hydrogens is 312 g/mol. The van der Waals surface area contributed by atoms with Crippen LogP contribution in [-0.2, 0) is 6.54 Å². The van der Waals surface area contributed by atoms with Crippen LogP contribution < -0.4 is 10.6 Å². The van der Waals surface area contributed by atoms with E-state index in [0.717, 1.165) is 29.2 Å². The Morgan fingerprint density at radius 2 is 1.80 bits per heavy atom. The lowest BCUT2D eigenvalue weighted by Gasteiger charge is -2.10. The maximum absolute atomic E-state index is 12.6. The highest BCUT2D eigenvalue weighted by Crippen LogP contribution is 2.17. The number of aromatic nitrogens is 2. The summed E-state index contributed by atoms with van der Waals surface area (Å²) in [6.07, 6.45) is 0. The van der Waals surface area contributed by atoms with E-state index < -0.39 is 0 Å². The molecule has 0 saturated carbocycles. The summed E-state index contributed by atoms with van der Waals surface area (Å²) >= 11 is 0. The van der Waals surface area contributed by atoms with E-state index in [1.807, 2.05) is 61.5 Å². The van der Waals surface area contributed by atoms with Crippen molar-refractivity contribution in [2.24, 2.45) is 0 Å². The molecule has 0 aliphatic heterocycles. The number of rotatable bonds is 6. The molecule has 5 heteroatoms. The first kappa shape index (κ1) is 16.9. The molecule has 0 saturated heterocycles. The molecule has 2 N–H and O–H groups in total. The van der Waals surface area contributed by atoms with Gasteiger partial charge in [-0.2, -0.15) is 5.10 Å². The number of anilines is 1. The Kier molecular flexibility index (Phi) is 5.26. The molecule has 3 aromatic rings. The van der Waals surface area contributed by atoms with E-state index in [1.54, 1.807) is 10.7 Å². The van der Waals surface area contributed by atoms with Gasteiger partial charge in [0.15, 0.2) is 5.69 Å². The Hall–Kier alpha value is -2.92. The lowest BCUT2D eigenvalue weighted by molar-refractivity contribution is 0.102. The molecule has 0 fully saturated rings. The zero-order valence-electron chi connectivity index (χ0n) is 14.5. The molecule has 0 aliphatic carbocycles. The molecule has 3 rings (SSSR count). The van der Waals surface area contributed by atoms with Crippen molar-refractivity contribution >= 4 is 11.6 Å². The van der Waals surface area contributed by atoms with Crippen LogP contribution >= 0.6 is 0 Å². The van der Waals surface area contributed by atoms with E-state index >= 15 is 0 Å². The van der Waals surface area contributed by atoms with Crippen LogP contribution in [0.5, 0.6) is 0 Å². The van der Waals surface area contributed by atoms with Crippen molar-refractivity contribution in [1.29, 1.82) is 0 Å². The average molecular weight is 334 g/mol. The summed E-state index contributed by atoms with van der Waals surface area (Å²) in [7, 11) is 0. The van der Waals surface area contributed by atoms with Crippen LogP contribution in [0.4, 0.5) is 5.69 Å². The second-order valence-corrected chi connectivity index (χ2v) is 5.81. The van der Waals surface area contributed by atoms with Crippen molar-refractivity contribution in [2.45, 2.75) is 20.4 Å². The minimum atomic E-state index is -0.207. The van der Waals surface area contributed by atoms with Gasteiger partial charge >= 0.3 is 0 Å². The first-order valence-corrected chi connectivity index (χ1v) is 8.41. The average Bonchev–Trinajstić information content (AvgIpc) is 3.03. The standard InChI is InChI=1S/C20H22N4O/c1-3-21-14-16-9-7-8-12-18(16)22-20(25)19-13-15(2)24(23-19)17-10-5-4-6-11-17/h4-13,21H,3,14H2,1-2H3,(H,22,25). The summed E-state index contributed by atoms with van der Waals surface area (Å²) in [4.78, 5) is 12.6. The predicted molar refractivity (Wildman–Crippen MR) is 100 cm³/mol. The van der Waals surface area contributed by atoms with Gasteiger partial charge in [-0.3, -0.25) is 4.79 Å². The van der Waals surface area contributed by atoms with Crippen LogP contribution in [-0.4, -0.2) is 22.2 Å². The van der Waals surface area contributed by atoms with Crippen molar-refractivity contribution in [2.75, 3.05) is 11.9 Å². The fraction of sp³-hybridized carbons (Fsp3) is 0.200. The third-order valence-electron chi connectivity index (χ3n) is 3.95. The molecule has 0 bridgehead atoms. The van der Waals surface area contributed by atoms with E-state index in [0.29, 0.717) is 12.2 Å². The van der Waals surface area contributed by atoms with Crippen molar-refractivity contribution < 1.29 is 4.79 Å². The van der Waals surface area contributed by atoms with Crippen molar-refractivity contribution in [3.63, 3.8) is 0 Å². The Morgan fingerprint density at radius 1 is 1.08 bits per heavy atom. The Bertz CT molecular complexity index is 855. The number of amides is 1. The van der Waals surface area contributed by atoms with Crippen LogP contribution in [0.25, 0.3) is 5.69 Å². The van der Waals surface area contributed by atoms with Crippen LogP contribution in [0.15, 0.2) is 60.7 Å². The van der Waals surface area contributed by atoms with Crippen LogP contribution in [0.3, 0.4) is 0 Å². The number of nitrogens with one attached hydrogen (secondary N) is 2. The summed E-state index contributed by atoms with van der Waals surface area (Å²) < 4.78 is 1.78. The van der Waals surface area contributed by atoms with Gasteiger partial charge in [0.1, 0.15) is 0 Å². The van der Waals surface area contributed by atoms with E-state index in [4.69, 9.17) is 0 Å². The number of hydrogen-bond donors (Lipinski definition) is 2. The van der Waals surface area contributed by atoms with Crippen LogP contribution in [0.1, 0.15) is 28.7 Å². The summed E-state index contributed by atoms with van der Waals surface area (Å²) in [6.45, 7) is 5.59. The lowest BCUT2D eigenvalue weighted by Crippen LogP contribution is -2.17. The minimum absolute atomic E-state index is 0.207. The summed E-state index contributed by atoms with van der Waals surface area (Å²) in [5, 5.41) is 10.7. The maximum atomic E-state index is 12.6. The van der Waals surface area contributed by atoms with Gasteiger partial charge in [-0.1, -0.05) is 43.3 Å². The number of aryl methyl sites for hydroxylation is 1. The lowest BCUT2D eigenvalue weighted by atomic mass is 10.1. The van der Waals surface area contributed by atoms with Crippen molar-refractivity contribution in [1.82, 2.24) is 15.1 Å². The number of benzene rings is 2. The normalized spacial score (nSPS) is 10.6. The van der Waals surface area contributed by atoms with Gasteiger partial charge in [-0.25, -0.2) is 4.68 Å². The fourth-order valence-corrected chi connectivity index (χ4v) is 2.66. The molecule has 5 nitrogen and oxygen atoms in total. The highest BCUT2D eigenvalue weighted by Gasteiger charge is 2.14. The zero-order chi connectivity index (χ0) is 17.6. The molecule has 0 aliphatic rings. The third-order valence-corrected chi connectivity index (χ3v) is 3.95. The highest BCUT2D eigenvalue weighted by atomic mass is 16.2. The Morgan fingerprint density at radius 3 is 2.56 bits per heavy atom. The second-order valence-electron chi connectivity index (χ2n) is 5.81. The van der Waals surface area contributed by atoms with E-state index in [-0.39, 0.29) is 5.91 Å². The van der Waals surface area contributed by atoms with Crippen molar-refractivity contribution in [3.8, 4) is 5.69 Å². The number of nitrogens with zero attached hydrogens (tertiary/aromatic N) is 2. The van der Waals surface area contributed by atoms with Gasteiger partial charge in [0, 0.05) is 17.9 Å². The Labute approximate surface area is 147 Å². The molecule has 0 unspecified atom stereocenters. The third kappa shape index (κ3) is 3.95. The summed E-state index contributed by atoms with van der Waals surface area (Å²) in [6, 6.07) is 19.4. The SMILES string of the molecule is CCNCc1ccccc1NC(=O)c1cc(C)n(-c2ccccc2)n1. The highest BCUT2D eigenvalue weighted by molar-refractivity contribution is 6.03. The first-order chi connectivity index (χ1) is 12.2. The largest absolute Gasteiger partial charge is 0.320 e. The molecule has 1 heterocycles. The van der Waals surface area contributed by atoms with Gasteiger partial charge in [-0.15, -0.1) is 0 Å². The molecule has 0 radical (unpaired) electrons. The quantitative estimate of drug-likeness (QED) is 0.725. The second kappa shape index (κ2) is 7.77. The molecule has 1 aromatic heterocycles. The van der Waals surface area contributed by atoms with Gasteiger partial charge in [0.25, 0.3) is 5.91 Å². The first-order valence-electron chi connectivity index (χ1n) is 8.41. The van der Waals surface area contributed by atoms with Crippen LogP contribution in [0.2, 0.25) is 0 Å². The maximum Gasteiger partial charge on any atom is 0.276 e. The zero-order valence-corrected chi connectivity index (χ0v) is 14.5. The smallest absolute Gasteiger partial charge is 0.276 e. The number of hydrogen-bond acceptors (Lipinski definition) is 3. The number of carbonyl (C=O) groups is 1. The summed E-state index contributed by atoms with van der Waals surface area (Å²) in [5.74, 6) is -0.207. The minimum Gasteiger partial charge on any atom is -0.320 e. The van der Waals surface area contributed by atoms with Gasteiger partial charge in [0.05, 0.1) is 5.69 Å². The van der Waals surface area contributed by atoms with E-state index in [1.165, 1.54) is 0 Å². The van der Waals surface area contributed by atoms with Crippen molar-refractivity contribution in [3.05, 3.63) is 77.6 Å². The number of carbonyl (C=O) groups excluding carboxylic acids is 1. The monoisotopic (exact) mass is 334 g/mol. The van der Waals surface area contributed by atoms with E-state index in [2.05, 4.69) is 22.7 Å². The molecule has 1 amide bonds. The molecule has 25 heavy (non-hydrogen) atoms. The summed E-state index contributed by atoms with van der Waals surface area (Å²) in [5.41, 5.74) is 4.11. The molecule has 0 spiro atoms. The predicted octanol–water partition coefficient (Wildman–Crippen LogP) is 3.54. The molecule has 128 valence electrons. The topological polar surface area (TPSA) is 58.9 Å². The Balaban J connectivity index is 1.81. The molecule has 2 aromatic carbocycles. The number of para-hydroxylation sites is 2. The molecular formula is C20H22N4O. The molecule has 0 atom stereocenters. The van der Waals surface area contributed by atoms with Gasteiger partial charge in [-0.05, 0) is 43.3 Å².